The predicted octanol–water partition coefficient (Wildman–Crippen LogP) is 2.15. The van der Waals surface area contributed by atoms with Crippen molar-refractivity contribution in [3.8, 4) is 5.75 Å². The highest BCUT2D eigenvalue weighted by atomic mass is 16.5. The average molecular weight is 339 g/mol. The Kier molecular flexibility index (Phi) is 5.28. The maximum Gasteiger partial charge on any atom is 0.227 e. The molecule has 6 heteroatoms. The van der Waals surface area contributed by atoms with Crippen LogP contribution in [-0.4, -0.2) is 29.9 Å². The van der Waals surface area contributed by atoms with Gasteiger partial charge in [0.2, 0.25) is 11.8 Å². The average Bonchev–Trinajstić information content (AvgIpc) is 3.03. The van der Waals surface area contributed by atoms with E-state index in [4.69, 9.17) is 4.74 Å². The first-order chi connectivity index (χ1) is 12.2. The molecule has 0 aliphatic carbocycles. The highest BCUT2D eigenvalue weighted by Gasteiger charge is 2.35. The lowest BCUT2D eigenvalue weighted by molar-refractivity contribution is -0.126. The molecule has 0 bridgehead atoms. The van der Waals surface area contributed by atoms with E-state index >= 15 is 0 Å². The van der Waals surface area contributed by atoms with Crippen molar-refractivity contribution in [2.75, 3.05) is 18.1 Å². The maximum atomic E-state index is 12.3. The normalized spacial score (nSPS) is 16.8. The largest absolute Gasteiger partial charge is 0.494 e. The highest BCUT2D eigenvalue weighted by molar-refractivity contribution is 6.00. The fourth-order valence-electron chi connectivity index (χ4n) is 2.85. The third kappa shape index (κ3) is 4.15. The molecule has 1 N–H and O–H groups in total. The third-order valence-electron chi connectivity index (χ3n) is 4.13. The van der Waals surface area contributed by atoms with E-state index in [1.54, 1.807) is 11.1 Å². The predicted molar refractivity (Wildman–Crippen MR) is 94.2 cm³/mol. The number of benzene rings is 1. The van der Waals surface area contributed by atoms with Gasteiger partial charge in [-0.2, -0.15) is 0 Å². The zero-order valence-electron chi connectivity index (χ0n) is 14.1. The molecule has 1 aromatic heterocycles. The molecular weight excluding hydrogens is 318 g/mol. The lowest BCUT2D eigenvalue weighted by atomic mass is 10.1. The fraction of sp³-hybridized carbons (Fsp3) is 0.316. The molecule has 1 aromatic carbocycles. The molecule has 1 fully saturated rings. The molecule has 0 spiro atoms. The van der Waals surface area contributed by atoms with E-state index < -0.39 is 0 Å². The van der Waals surface area contributed by atoms with Crippen molar-refractivity contribution < 1.29 is 14.3 Å². The van der Waals surface area contributed by atoms with Gasteiger partial charge in [0.15, 0.2) is 0 Å². The molecule has 2 heterocycles. The number of ether oxygens (including phenoxy) is 1. The van der Waals surface area contributed by atoms with Crippen LogP contribution in [0.1, 0.15) is 19.0 Å². The quantitative estimate of drug-likeness (QED) is 0.875. The van der Waals surface area contributed by atoms with E-state index in [0.29, 0.717) is 19.7 Å². The first-order valence-corrected chi connectivity index (χ1v) is 8.38. The van der Waals surface area contributed by atoms with E-state index in [2.05, 4.69) is 10.3 Å². The summed E-state index contributed by atoms with van der Waals surface area (Å²) in [5, 5.41) is 2.86. The van der Waals surface area contributed by atoms with Gasteiger partial charge in [-0.1, -0.05) is 6.07 Å². The zero-order chi connectivity index (χ0) is 17.6. The zero-order valence-corrected chi connectivity index (χ0v) is 14.1. The molecule has 2 aromatic rings. The molecule has 1 aliphatic heterocycles. The molecule has 1 aliphatic rings. The van der Waals surface area contributed by atoms with Crippen LogP contribution < -0.4 is 15.0 Å². The van der Waals surface area contributed by atoms with Gasteiger partial charge in [0.25, 0.3) is 0 Å². The van der Waals surface area contributed by atoms with Crippen LogP contribution in [0.25, 0.3) is 0 Å². The Labute approximate surface area is 146 Å². The number of anilines is 1. The second-order valence-electron chi connectivity index (χ2n) is 5.87. The van der Waals surface area contributed by atoms with Crippen molar-refractivity contribution in [1.82, 2.24) is 10.3 Å². The van der Waals surface area contributed by atoms with E-state index in [-0.39, 0.29) is 24.2 Å². The summed E-state index contributed by atoms with van der Waals surface area (Å²) in [7, 11) is 0. The number of pyridine rings is 1. The number of rotatable bonds is 6. The molecule has 2 amide bonds. The van der Waals surface area contributed by atoms with Crippen LogP contribution in [0.4, 0.5) is 5.69 Å². The first kappa shape index (κ1) is 17.0. The van der Waals surface area contributed by atoms with Gasteiger partial charge in [-0.25, -0.2) is 0 Å². The van der Waals surface area contributed by atoms with Gasteiger partial charge in [-0.15, -0.1) is 0 Å². The highest BCUT2D eigenvalue weighted by Crippen LogP contribution is 2.27. The van der Waals surface area contributed by atoms with Gasteiger partial charge >= 0.3 is 0 Å². The van der Waals surface area contributed by atoms with Gasteiger partial charge in [-0.3, -0.25) is 14.6 Å². The van der Waals surface area contributed by atoms with E-state index in [1.807, 2.05) is 49.4 Å². The number of amides is 2. The summed E-state index contributed by atoms with van der Waals surface area (Å²) in [6, 6.07) is 12.9. The van der Waals surface area contributed by atoms with Crippen LogP contribution in [0.5, 0.6) is 5.75 Å². The van der Waals surface area contributed by atoms with Gasteiger partial charge in [0.1, 0.15) is 5.75 Å². The standard InChI is InChI=1S/C19H21N3O3/c1-2-25-17-8-6-16(7-9-17)22-13-14(11-18(22)23)19(24)21-12-15-5-3-4-10-20-15/h3-10,14H,2,11-13H2,1H3,(H,21,24)/t14-/m0/s1. The van der Waals surface area contributed by atoms with Crippen molar-refractivity contribution in [3.05, 3.63) is 54.4 Å². The monoisotopic (exact) mass is 339 g/mol. The molecule has 0 saturated carbocycles. The molecule has 1 saturated heterocycles. The summed E-state index contributed by atoms with van der Waals surface area (Å²) in [4.78, 5) is 30.4. The van der Waals surface area contributed by atoms with Gasteiger partial charge in [0.05, 0.1) is 24.8 Å². The summed E-state index contributed by atoms with van der Waals surface area (Å²) >= 11 is 0. The summed E-state index contributed by atoms with van der Waals surface area (Å²) in [6.45, 7) is 3.28. The van der Waals surface area contributed by atoms with Crippen molar-refractivity contribution in [2.24, 2.45) is 5.92 Å². The SMILES string of the molecule is CCOc1ccc(N2C[C@@H](C(=O)NCc3ccccn3)CC2=O)cc1. The number of hydrogen-bond donors (Lipinski definition) is 1. The number of nitrogens with one attached hydrogen (secondary N) is 1. The minimum atomic E-state index is -0.345. The van der Waals surface area contributed by atoms with Crippen LogP contribution in [0.15, 0.2) is 48.7 Å². The second-order valence-corrected chi connectivity index (χ2v) is 5.87. The Bertz CT molecular complexity index is 731. The number of aromatic nitrogens is 1. The minimum absolute atomic E-state index is 0.0397. The number of carbonyl (C=O) groups is 2. The molecule has 0 unspecified atom stereocenters. The van der Waals surface area contributed by atoms with E-state index in [0.717, 1.165) is 17.1 Å². The van der Waals surface area contributed by atoms with Crippen LogP contribution in [0, 0.1) is 5.92 Å². The molecule has 3 rings (SSSR count). The summed E-state index contributed by atoms with van der Waals surface area (Å²) in [5.41, 5.74) is 1.58. The fourth-order valence-corrected chi connectivity index (χ4v) is 2.85. The Morgan fingerprint density at radius 1 is 1.28 bits per heavy atom. The van der Waals surface area contributed by atoms with E-state index in [9.17, 15) is 9.59 Å². The Morgan fingerprint density at radius 3 is 2.76 bits per heavy atom. The minimum Gasteiger partial charge on any atom is -0.494 e. The molecule has 6 nitrogen and oxygen atoms in total. The van der Waals surface area contributed by atoms with Gasteiger partial charge < -0.3 is 15.0 Å². The lowest BCUT2D eigenvalue weighted by Gasteiger charge is -2.17. The lowest BCUT2D eigenvalue weighted by Crippen LogP contribution is -2.32. The van der Waals surface area contributed by atoms with Crippen LogP contribution >= 0.6 is 0 Å². The summed E-state index contributed by atoms with van der Waals surface area (Å²) in [6.07, 6.45) is 1.91. The Morgan fingerprint density at radius 2 is 2.08 bits per heavy atom. The van der Waals surface area contributed by atoms with Crippen LogP contribution in [0.3, 0.4) is 0 Å². The third-order valence-corrected chi connectivity index (χ3v) is 4.13. The summed E-state index contributed by atoms with van der Waals surface area (Å²) < 4.78 is 5.41. The Hall–Kier alpha value is -2.89. The second kappa shape index (κ2) is 7.79. The van der Waals surface area contributed by atoms with Crippen molar-refractivity contribution in [2.45, 2.75) is 19.9 Å². The Balaban J connectivity index is 1.58. The number of hydrogen-bond acceptors (Lipinski definition) is 4. The molecule has 25 heavy (non-hydrogen) atoms. The van der Waals surface area contributed by atoms with Crippen LogP contribution in [0.2, 0.25) is 0 Å². The number of carbonyl (C=O) groups excluding carboxylic acids is 2. The molecule has 1 atom stereocenters. The van der Waals surface area contributed by atoms with E-state index in [1.165, 1.54) is 0 Å². The van der Waals surface area contributed by atoms with Gasteiger partial charge in [-0.05, 0) is 43.3 Å². The van der Waals surface area contributed by atoms with Gasteiger partial charge in [0, 0.05) is 24.8 Å². The topological polar surface area (TPSA) is 71.5 Å². The molecule has 130 valence electrons. The van der Waals surface area contributed by atoms with Crippen LogP contribution in [-0.2, 0) is 16.1 Å². The number of nitrogens with zero attached hydrogens (tertiary/aromatic N) is 2. The molecular formula is C19H21N3O3. The van der Waals surface area contributed by atoms with Crippen molar-refractivity contribution in [1.29, 1.82) is 0 Å². The first-order valence-electron chi connectivity index (χ1n) is 8.38. The smallest absolute Gasteiger partial charge is 0.227 e. The van der Waals surface area contributed by atoms with Crippen molar-refractivity contribution in [3.63, 3.8) is 0 Å². The van der Waals surface area contributed by atoms with Crippen molar-refractivity contribution >= 4 is 17.5 Å². The maximum absolute atomic E-state index is 12.3. The summed E-state index contributed by atoms with van der Waals surface area (Å²) in [5.74, 6) is 0.264. The molecule has 0 radical (unpaired) electrons.